The van der Waals surface area contributed by atoms with E-state index in [2.05, 4.69) is 10.2 Å². The van der Waals surface area contributed by atoms with E-state index in [0.29, 0.717) is 12.1 Å². The minimum atomic E-state index is -0.0718. The summed E-state index contributed by atoms with van der Waals surface area (Å²) in [5.74, 6) is 0. The predicted octanol–water partition coefficient (Wildman–Crippen LogP) is 2.30. The first-order valence-corrected chi connectivity index (χ1v) is 7.23. The minimum absolute atomic E-state index is 0.0718. The molecule has 1 aromatic carbocycles. The van der Waals surface area contributed by atoms with Gasteiger partial charge in [-0.05, 0) is 23.8 Å². The van der Waals surface area contributed by atoms with Crippen molar-refractivity contribution in [2.75, 3.05) is 0 Å². The molecule has 114 valence electrons. The van der Waals surface area contributed by atoms with Gasteiger partial charge in [-0.25, -0.2) is 4.68 Å². The lowest BCUT2D eigenvalue weighted by Gasteiger charge is -2.05. The first kappa shape index (κ1) is 13.5. The molecular weight excluding hydrogens is 292 g/mol. The van der Waals surface area contributed by atoms with Crippen LogP contribution in [0.15, 0.2) is 64.4 Å². The zero-order valence-electron chi connectivity index (χ0n) is 12.5. The molecule has 3 heterocycles. The van der Waals surface area contributed by atoms with E-state index in [4.69, 9.17) is 4.42 Å². The van der Waals surface area contributed by atoms with E-state index >= 15 is 0 Å². The van der Waals surface area contributed by atoms with Gasteiger partial charge in [-0.3, -0.25) is 9.48 Å². The van der Waals surface area contributed by atoms with Crippen LogP contribution < -0.4 is 5.43 Å². The van der Waals surface area contributed by atoms with E-state index in [9.17, 15) is 4.79 Å². The first-order chi connectivity index (χ1) is 11.2. The third-order valence-electron chi connectivity index (χ3n) is 3.72. The lowest BCUT2D eigenvalue weighted by molar-refractivity contribution is 0.616. The second kappa shape index (κ2) is 5.24. The number of hydrogen-bond acceptors (Lipinski definition) is 4. The van der Waals surface area contributed by atoms with Crippen LogP contribution >= 0.6 is 0 Å². The molecule has 0 atom stereocenters. The van der Waals surface area contributed by atoms with Crippen molar-refractivity contribution in [1.82, 2.24) is 19.6 Å². The molecule has 4 aromatic rings. The minimum Gasteiger partial charge on any atom is -0.464 e. The van der Waals surface area contributed by atoms with Crippen LogP contribution in [0.1, 0.15) is 11.3 Å². The van der Waals surface area contributed by atoms with Crippen LogP contribution in [0, 0.1) is 0 Å². The quantitative estimate of drug-likeness (QED) is 0.582. The Balaban J connectivity index is 1.71. The first-order valence-electron chi connectivity index (χ1n) is 7.23. The number of nitrogens with zero attached hydrogens (tertiary/aromatic N) is 4. The van der Waals surface area contributed by atoms with Crippen molar-refractivity contribution < 1.29 is 4.42 Å². The van der Waals surface area contributed by atoms with Crippen molar-refractivity contribution in [2.45, 2.75) is 6.42 Å². The van der Waals surface area contributed by atoms with Crippen molar-refractivity contribution in [3.8, 4) is 5.69 Å². The molecule has 6 nitrogen and oxygen atoms in total. The Bertz CT molecular complexity index is 1040. The molecular formula is C17H14N4O2. The lowest BCUT2D eigenvalue weighted by atomic mass is 10.1. The summed E-state index contributed by atoms with van der Waals surface area (Å²) in [5, 5.41) is 9.59. The summed E-state index contributed by atoms with van der Waals surface area (Å²) in [6.07, 6.45) is 7.34. The molecule has 0 aliphatic carbocycles. The fourth-order valence-electron chi connectivity index (χ4n) is 2.56. The third kappa shape index (κ3) is 2.55. The molecule has 0 N–H and O–H groups in total. The van der Waals surface area contributed by atoms with Crippen molar-refractivity contribution >= 4 is 11.0 Å². The summed E-state index contributed by atoms with van der Waals surface area (Å²) in [6, 6.07) is 9.32. The summed E-state index contributed by atoms with van der Waals surface area (Å²) in [4.78, 5) is 12.1. The Hall–Kier alpha value is -3.15. The van der Waals surface area contributed by atoms with Crippen LogP contribution in [0.2, 0.25) is 0 Å². The van der Waals surface area contributed by atoms with Gasteiger partial charge in [-0.15, -0.1) is 0 Å². The molecule has 0 radical (unpaired) electrons. The van der Waals surface area contributed by atoms with Crippen LogP contribution in [0.3, 0.4) is 0 Å². The molecule has 0 amide bonds. The molecule has 6 heteroatoms. The monoisotopic (exact) mass is 306 g/mol. The van der Waals surface area contributed by atoms with Gasteiger partial charge < -0.3 is 4.42 Å². The highest BCUT2D eigenvalue weighted by atomic mass is 16.3. The zero-order valence-corrected chi connectivity index (χ0v) is 12.5. The molecule has 0 aliphatic rings. The topological polar surface area (TPSA) is 65.8 Å². The maximum atomic E-state index is 12.1. The zero-order chi connectivity index (χ0) is 15.8. The van der Waals surface area contributed by atoms with Crippen molar-refractivity contribution in [2.24, 2.45) is 7.05 Å². The van der Waals surface area contributed by atoms with E-state index in [1.807, 2.05) is 37.5 Å². The number of aromatic nitrogens is 4. The predicted molar refractivity (Wildman–Crippen MR) is 85.6 cm³/mol. The second-order valence-corrected chi connectivity index (χ2v) is 5.41. The normalized spacial score (nSPS) is 11.2. The fraction of sp³-hybridized carbons (Fsp3) is 0.118. The number of furan rings is 1. The average Bonchev–Trinajstić information content (AvgIpc) is 3.18. The SMILES string of the molecule is Cn1cc(-n2ccc(=O)c(Cc3ccc4occc4c3)n2)cn1. The fourth-order valence-corrected chi connectivity index (χ4v) is 2.56. The Morgan fingerprint density at radius 3 is 2.96 bits per heavy atom. The standard InChI is InChI=1S/C17H14N4O2/c1-20-11-14(10-18-20)21-6-4-16(22)15(19-21)9-12-2-3-17-13(8-12)5-7-23-17/h2-8,10-11H,9H2,1H3. The van der Waals surface area contributed by atoms with Crippen LogP contribution in [0.4, 0.5) is 0 Å². The second-order valence-electron chi connectivity index (χ2n) is 5.41. The molecule has 0 saturated heterocycles. The van der Waals surface area contributed by atoms with Crippen LogP contribution in [-0.2, 0) is 13.5 Å². The van der Waals surface area contributed by atoms with Gasteiger partial charge in [0.2, 0.25) is 5.43 Å². The molecule has 0 fully saturated rings. The van der Waals surface area contributed by atoms with Gasteiger partial charge in [0.15, 0.2) is 0 Å². The van der Waals surface area contributed by atoms with Crippen molar-refractivity contribution in [1.29, 1.82) is 0 Å². The molecule has 0 bridgehead atoms. The largest absolute Gasteiger partial charge is 0.464 e. The van der Waals surface area contributed by atoms with Gasteiger partial charge in [-0.1, -0.05) is 6.07 Å². The molecule has 23 heavy (non-hydrogen) atoms. The van der Waals surface area contributed by atoms with Gasteiger partial charge in [0, 0.05) is 31.1 Å². The van der Waals surface area contributed by atoms with Crippen LogP contribution in [-0.4, -0.2) is 19.6 Å². The highest BCUT2D eigenvalue weighted by Crippen LogP contribution is 2.18. The summed E-state index contributed by atoms with van der Waals surface area (Å²) in [6.45, 7) is 0. The van der Waals surface area contributed by atoms with Gasteiger partial charge in [0.25, 0.3) is 0 Å². The molecule has 0 spiro atoms. The maximum absolute atomic E-state index is 12.1. The number of fused-ring (bicyclic) bond motifs is 1. The van der Waals surface area contributed by atoms with Gasteiger partial charge in [0.1, 0.15) is 17.0 Å². The van der Waals surface area contributed by atoms with E-state index in [0.717, 1.165) is 22.2 Å². The van der Waals surface area contributed by atoms with E-state index < -0.39 is 0 Å². The lowest BCUT2D eigenvalue weighted by Crippen LogP contribution is -2.16. The van der Waals surface area contributed by atoms with Gasteiger partial charge in [0.05, 0.1) is 18.7 Å². The molecule has 0 unspecified atom stereocenters. The van der Waals surface area contributed by atoms with Crippen LogP contribution in [0.25, 0.3) is 16.7 Å². The van der Waals surface area contributed by atoms with Gasteiger partial charge in [-0.2, -0.15) is 10.2 Å². The Morgan fingerprint density at radius 2 is 2.13 bits per heavy atom. The number of hydrogen-bond donors (Lipinski definition) is 0. The maximum Gasteiger partial charge on any atom is 0.203 e. The molecule has 3 aromatic heterocycles. The Labute approximate surface area is 131 Å². The molecule has 0 saturated carbocycles. The number of rotatable bonds is 3. The van der Waals surface area contributed by atoms with E-state index in [1.165, 1.54) is 6.07 Å². The smallest absolute Gasteiger partial charge is 0.203 e. The molecule has 0 aliphatic heterocycles. The van der Waals surface area contributed by atoms with Crippen LogP contribution in [0.5, 0.6) is 0 Å². The highest BCUT2D eigenvalue weighted by Gasteiger charge is 2.07. The Kier molecular flexibility index (Phi) is 3.08. The number of benzene rings is 1. The number of aryl methyl sites for hydroxylation is 1. The Morgan fingerprint density at radius 1 is 1.22 bits per heavy atom. The summed E-state index contributed by atoms with van der Waals surface area (Å²) < 4.78 is 8.70. The summed E-state index contributed by atoms with van der Waals surface area (Å²) in [5.41, 5.74) is 3.10. The van der Waals surface area contributed by atoms with Crippen molar-refractivity contribution in [3.05, 3.63) is 76.7 Å². The average molecular weight is 306 g/mol. The van der Waals surface area contributed by atoms with Crippen molar-refractivity contribution in [3.63, 3.8) is 0 Å². The third-order valence-corrected chi connectivity index (χ3v) is 3.72. The summed E-state index contributed by atoms with van der Waals surface area (Å²) in [7, 11) is 1.84. The summed E-state index contributed by atoms with van der Waals surface area (Å²) >= 11 is 0. The highest BCUT2D eigenvalue weighted by molar-refractivity contribution is 5.77. The van der Waals surface area contributed by atoms with E-state index in [1.54, 1.807) is 28.0 Å². The van der Waals surface area contributed by atoms with E-state index in [-0.39, 0.29) is 5.43 Å². The van der Waals surface area contributed by atoms with Gasteiger partial charge >= 0.3 is 0 Å². The molecule has 4 rings (SSSR count).